The van der Waals surface area contributed by atoms with Crippen molar-refractivity contribution in [3.63, 3.8) is 0 Å². The average molecular weight is 295 g/mol. The molecule has 0 unspecified atom stereocenters. The van der Waals surface area contributed by atoms with Crippen molar-refractivity contribution >= 4 is 17.4 Å². The summed E-state index contributed by atoms with van der Waals surface area (Å²) in [5.41, 5.74) is 4.47. The van der Waals surface area contributed by atoms with Gasteiger partial charge in [-0.25, -0.2) is 0 Å². The molecule has 108 valence electrons. The molecule has 0 N–H and O–H groups in total. The lowest BCUT2D eigenvalue weighted by Gasteiger charge is -2.04. The maximum atomic E-state index is 12.3. The fourth-order valence-electron chi connectivity index (χ4n) is 2.39. The van der Waals surface area contributed by atoms with E-state index in [1.807, 2.05) is 34.9 Å². The van der Waals surface area contributed by atoms with Gasteiger partial charge in [0.25, 0.3) is 0 Å². The van der Waals surface area contributed by atoms with Gasteiger partial charge in [0, 0.05) is 31.8 Å². The number of aromatic nitrogens is 4. The summed E-state index contributed by atoms with van der Waals surface area (Å²) in [6.07, 6.45) is 0.677. The van der Waals surface area contributed by atoms with Crippen molar-refractivity contribution in [2.24, 2.45) is 14.1 Å². The van der Waals surface area contributed by atoms with Crippen LogP contribution in [0.15, 0.2) is 0 Å². The van der Waals surface area contributed by atoms with Crippen molar-refractivity contribution in [2.75, 3.05) is 0 Å². The monoisotopic (exact) mass is 294 g/mol. The summed E-state index contributed by atoms with van der Waals surface area (Å²) >= 11 is 6.18. The lowest BCUT2D eigenvalue weighted by atomic mass is 10.0. The first kappa shape index (κ1) is 14.8. The molecule has 0 aliphatic carbocycles. The number of hydrogen-bond donors (Lipinski definition) is 0. The molecule has 2 aromatic rings. The van der Waals surface area contributed by atoms with Crippen molar-refractivity contribution < 1.29 is 4.79 Å². The highest BCUT2D eigenvalue weighted by molar-refractivity contribution is 6.32. The summed E-state index contributed by atoms with van der Waals surface area (Å²) in [4.78, 5) is 12.3. The molecule has 2 aromatic heterocycles. The van der Waals surface area contributed by atoms with Gasteiger partial charge in [-0.05, 0) is 20.8 Å². The van der Waals surface area contributed by atoms with Gasteiger partial charge in [0.05, 0.1) is 28.5 Å². The van der Waals surface area contributed by atoms with Crippen LogP contribution in [-0.4, -0.2) is 25.3 Å². The van der Waals surface area contributed by atoms with Gasteiger partial charge in [-0.1, -0.05) is 11.6 Å². The van der Waals surface area contributed by atoms with Gasteiger partial charge in [-0.15, -0.1) is 0 Å². The van der Waals surface area contributed by atoms with Crippen LogP contribution in [0, 0.1) is 20.8 Å². The van der Waals surface area contributed by atoms with Crippen molar-refractivity contribution in [1.29, 1.82) is 0 Å². The highest BCUT2D eigenvalue weighted by atomic mass is 35.5. The number of nitrogens with zero attached hydrogens (tertiary/aromatic N) is 4. The highest BCUT2D eigenvalue weighted by Crippen LogP contribution is 2.21. The zero-order valence-electron chi connectivity index (χ0n) is 12.5. The zero-order valence-corrected chi connectivity index (χ0v) is 13.2. The second-order valence-corrected chi connectivity index (χ2v) is 5.51. The van der Waals surface area contributed by atoms with Crippen molar-refractivity contribution in [1.82, 2.24) is 19.6 Å². The summed E-state index contributed by atoms with van der Waals surface area (Å²) in [6.45, 7) is 5.74. The van der Waals surface area contributed by atoms with E-state index in [-0.39, 0.29) is 5.78 Å². The molecule has 0 amide bonds. The van der Waals surface area contributed by atoms with E-state index >= 15 is 0 Å². The normalized spacial score (nSPS) is 11.1. The number of hydrogen-bond acceptors (Lipinski definition) is 3. The summed E-state index contributed by atoms with van der Waals surface area (Å²) in [7, 11) is 3.69. The number of halogens is 1. The molecule has 0 aromatic carbocycles. The Morgan fingerprint density at radius 2 is 1.65 bits per heavy atom. The van der Waals surface area contributed by atoms with Crippen LogP contribution >= 0.6 is 11.6 Å². The molecule has 0 aliphatic rings. The molecule has 20 heavy (non-hydrogen) atoms. The van der Waals surface area contributed by atoms with Crippen molar-refractivity contribution in [2.45, 2.75) is 33.6 Å². The largest absolute Gasteiger partial charge is 0.299 e. The zero-order chi connectivity index (χ0) is 15.0. The molecule has 0 spiro atoms. The van der Waals surface area contributed by atoms with Gasteiger partial charge in [0.2, 0.25) is 0 Å². The molecule has 0 saturated carbocycles. The molecule has 5 nitrogen and oxygen atoms in total. The number of Topliss-reactive ketones (excluding diaryl/α,β-unsaturated/α-hetero) is 1. The number of carbonyl (C=O) groups is 1. The molecular weight excluding hydrogens is 276 g/mol. The van der Waals surface area contributed by atoms with Crippen LogP contribution in [0.1, 0.15) is 28.3 Å². The van der Waals surface area contributed by atoms with Gasteiger partial charge in [-0.2, -0.15) is 10.2 Å². The summed E-state index contributed by atoms with van der Waals surface area (Å²) in [5, 5.41) is 9.14. The van der Waals surface area contributed by atoms with Crippen molar-refractivity contribution in [3.05, 3.63) is 33.4 Å². The first-order chi connectivity index (χ1) is 9.31. The lowest BCUT2D eigenvalue weighted by molar-refractivity contribution is -0.117. The van der Waals surface area contributed by atoms with E-state index in [1.165, 1.54) is 0 Å². The Morgan fingerprint density at radius 3 is 2.10 bits per heavy atom. The molecule has 0 fully saturated rings. The van der Waals surface area contributed by atoms with E-state index < -0.39 is 0 Å². The number of rotatable bonds is 4. The molecule has 0 atom stereocenters. The number of aryl methyl sites for hydroxylation is 4. The van der Waals surface area contributed by atoms with Gasteiger partial charge in [-0.3, -0.25) is 14.2 Å². The van der Waals surface area contributed by atoms with E-state index in [9.17, 15) is 4.79 Å². The minimum absolute atomic E-state index is 0.120. The second-order valence-electron chi connectivity index (χ2n) is 5.13. The smallest absolute Gasteiger partial charge is 0.143 e. The maximum Gasteiger partial charge on any atom is 0.143 e. The summed E-state index contributed by atoms with van der Waals surface area (Å²) < 4.78 is 3.48. The Balaban J connectivity index is 2.17. The molecule has 0 bridgehead atoms. The standard InChI is InChI=1S/C14H19ClN4O/c1-8-12(10(3)18(4)16-8)6-11(20)7-13-14(15)9(2)17-19(13)5/h6-7H2,1-5H3. The van der Waals surface area contributed by atoms with Crippen molar-refractivity contribution in [3.8, 4) is 0 Å². The summed E-state index contributed by atoms with van der Waals surface area (Å²) in [5.74, 6) is 0.120. The minimum atomic E-state index is 0.120. The van der Waals surface area contributed by atoms with E-state index in [0.29, 0.717) is 17.9 Å². The van der Waals surface area contributed by atoms with E-state index in [4.69, 9.17) is 11.6 Å². The predicted molar refractivity (Wildman–Crippen MR) is 78.1 cm³/mol. The molecule has 0 aliphatic heterocycles. The van der Waals surface area contributed by atoms with E-state index in [2.05, 4.69) is 10.2 Å². The van der Waals surface area contributed by atoms with Crippen LogP contribution in [0.2, 0.25) is 5.02 Å². The molecular formula is C14H19ClN4O. The number of carbonyl (C=O) groups excluding carboxylic acids is 1. The molecule has 2 rings (SSSR count). The van der Waals surface area contributed by atoms with Gasteiger partial charge in [0.15, 0.2) is 0 Å². The predicted octanol–water partition coefficient (Wildman–Crippen LogP) is 2.09. The second kappa shape index (κ2) is 5.40. The Bertz CT molecular complexity index is 613. The molecule has 0 saturated heterocycles. The van der Waals surface area contributed by atoms with Gasteiger partial charge in [0.1, 0.15) is 5.78 Å². The number of ketones is 1. The fourth-order valence-corrected chi connectivity index (χ4v) is 2.62. The molecule has 2 heterocycles. The van der Waals surface area contributed by atoms with Gasteiger partial charge < -0.3 is 0 Å². The Morgan fingerprint density at radius 1 is 1.05 bits per heavy atom. The topological polar surface area (TPSA) is 52.7 Å². The first-order valence-corrected chi connectivity index (χ1v) is 6.87. The minimum Gasteiger partial charge on any atom is -0.299 e. The Hall–Kier alpha value is -1.62. The average Bonchev–Trinajstić information content (AvgIpc) is 2.74. The van der Waals surface area contributed by atoms with Crippen LogP contribution in [0.5, 0.6) is 0 Å². The summed E-state index contributed by atoms with van der Waals surface area (Å²) in [6, 6.07) is 0. The quantitative estimate of drug-likeness (QED) is 0.867. The van der Waals surface area contributed by atoms with Crippen LogP contribution < -0.4 is 0 Å². The Kier molecular flexibility index (Phi) is 3.99. The fraction of sp³-hybridized carbons (Fsp3) is 0.500. The maximum absolute atomic E-state index is 12.3. The SMILES string of the molecule is Cc1nn(C)c(CC(=O)Cc2c(C)nn(C)c2C)c1Cl. The van der Waals surface area contributed by atoms with Gasteiger partial charge >= 0.3 is 0 Å². The molecule has 0 radical (unpaired) electrons. The van der Waals surface area contributed by atoms with E-state index in [0.717, 1.165) is 28.3 Å². The molecule has 6 heteroatoms. The third-order valence-corrected chi connectivity index (χ3v) is 4.15. The van der Waals surface area contributed by atoms with E-state index in [1.54, 1.807) is 9.36 Å². The lowest BCUT2D eigenvalue weighted by Crippen LogP contribution is -2.11. The first-order valence-electron chi connectivity index (χ1n) is 6.50. The Labute approximate surface area is 123 Å². The van der Waals surface area contributed by atoms with Crippen LogP contribution in [-0.2, 0) is 31.7 Å². The van der Waals surface area contributed by atoms with Crippen LogP contribution in [0.25, 0.3) is 0 Å². The van der Waals surface area contributed by atoms with Crippen LogP contribution in [0.3, 0.4) is 0 Å². The highest BCUT2D eigenvalue weighted by Gasteiger charge is 2.18. The van der Waals surface area contributed by atoms with Crippen LogP contribution in [0.4, 0.5) is 0 Å². The third kappa shape index (κ3) is 2.63. The third-order valence-electron chi connectivity index (χ3n) is 3.66.